The van der Waals surface area contributed by atoms with Gasteiger partial charge in [-0.1, -0.05) is 35.9 Å². The van der Waals surface area contributed by atoms with Gasteiger partial charge in [0.1, 0.15) is 17.5 Å². The van der Waals surface area contributed by atoms with E-state index in [4.69, 9.17) is 4.74 Å². The van der Waals surface area contributed by atoms with E-state index in [1.54, 1.807) is 25.6 Å². The van der Waals surface area contributed by atoms with Gasteiger partial charge < -0.3 is 14.7 Å². The smallest absolute Gasteiger partial charge is 0.242 e. The highest BCUT2D eigenvalue weighted by molar-refractivity contribution is 5.86. The van der Waals surface area contributed by atoms with E-state index in [0.717, 1.165) is 28.0 Å². The van der Waals surface area contributed by atoms with Crippen LogP contribution in [0.25, 0.3) is 0 Å². The van der Waals surface area contributed by atoms with Crippen molar-refractivity contribution in [1.82, 2.24) is 20.7 Å². The number of nitrogens with one attached hydrogen (secondary N) is 2. The van der Waals surface area contributed by atoms with Gasteiger partial charge in [0.2, 0.25) is 5.91 Å². The quantitative estimate of drug-likeness (QED) is 0.577. The summed E-state index contributed by atoms with van der Waals surface area (Å²) in [6.45, 7) is 2.46. The fourth-order valence-electron chi connectivity index (χ4n) is 4.95. The minimum absolute atomic E-state index is 0.0295. The zero-order chi connectivity index (χ0) is 22.2. The van der Waals surface area contributed by atoms with Crippen LogP contribution in [0.15, 0.2) is 67.0 Å². The lowest BCUT2D eigenvalue weighted by Gasteiger charge is -2.31. The zero-order valence-corrected chi connectivity index (χ0v) is 18.0. The van der Waals surface area contributed by atoms with Crippen molar-refractivity contribution in [3.05, 3.63) is 89.2 Å². The molecule has 3 N–H and O–H groups in total. The molecule has 3 heterocycles. The number of phenolic OH excluding ortho intramolecular Hbond substituents is 1. The number of methoxy groups -OCH3 is 1. The summed E-state index contributed by atoms with van der Waals surface area (Å²) in [6, 6.07) is 16.5. The summed E-state index contributed by atoms with van der Waals surface area (Å²) < 4.78 is 5.33. The third kappa shape index (κ3) is 3.49. The number of hydrogen-bond donors (Lipinski definition) is 3. The normalized spacial score (nSPS) is 24.6. The largest absolute Gasteiger partial charge is 0.508 e. The third-order valence-corrected chi connectivity index (χ3v) is 6.46. The van der Waals surface area contributed by atoms with Crippen molar-refractivity contribution in [3.8, 4) is 11.5 Å². The molecule has 2 saturated heterocycles. The van der Waals surface area contributed by atoms with Crippen molar-refractivity contribution in [2.24, 2.45) is 5.92 Å². The number of ether oxygens (including phenoxy) is 1. The topological polar surface area (TPSA) is 86.7 Å². The van der Waals surface area contributed by atoms with Crippen LogP contribution in [-0.2, 0) is 11.3 Å². The Kier molecular flexibility index (Phi) is 5.28. The standard InChI is InChI=1S/C25H26N4O3/c1-15-5-10-20(30)19(12-15)22-21-23(28-27-22)25(31)29(14-16-4-3-11-26-13-16)24(21)17-6-8-18(32-2)9-7-17/h3-13,21-24,27-28,30H,14H2,1-2H3. The molecule has 0 saturated carbocycles. The van der Waals surface area contributed by atoms with Crippen LogP contribution in [0.1, 0.15) is 34.3 Å². The molecule has 7 heteroatoms. The van der Waals surface area contributed by atoms with Crippen LogP contribution in [0, 0.1) is 12.8 Å². The maximum atomic E-state index is 13.5. The SMILES string of the molecule is COc1ccc(C2C3C(NNC3c3cc(C)ccc3O)C(=O)N2Cc2cccnc2)cc1. The van der Waals surface area contributed by atoms with Gasteiger partial charge in [0.15, 0.2) is 0 Å². The first-order chi connectivity index (χ1) is 15.6. The average Bonchev–Trinajstić information content (AvgIpc) is 3.35. The van der Waals surface area contributed by atoms with Crippen molar-refractivity contribution in [1.29, 1.82) is 0 Å². The van der Waals surface area contributed by atoms with Crippen molar-refractivity contribution >= 4 is 5.91 Å². The molecule has 5 rings (SSSR count). The molecule has 0 spiro atoms. The van der Waals surface area contributed by atoms with Gasteiger partial charge in [-0.2, -0.15) is 0 Å². The van der Waals surface area contributed by atoms with Gasteiger partial charge in [-0.25, -0.2) is 10.9 Å². The number of aryl methyl sites for hydroxylation is 1. The first kappa shape index (κ1) is 20.5. The highest BCUT2D eigenvalue weighted by atomic mass is 16.5. The molecule has 4 unspecified atom stereocenters. The second-order valence-corrected chi connectivity index (χ2v) is 8.43. The monoisotopic (exact) mass is 430 g/mol. The van der Waals surface area contributed by atoms with E-state index >= 15 is 0 Å². The predicted octanol–water partition coefficient (Wildman–Crippen LogP) is 3.02. The second-order valence-electron chi connectivity index (χ2n) is 8.43. The summed E-state index contributed by atoms with van der Waals surface area (Å²) in [5.41, 5.74) is 10.3. The van der Waals surface area contributed by atoms with Crippen LogP contribution < -0.4 is 15.6 Å². The Hall–Kier alpha value is -3.42. The molecule has 0 aliphatic carbocycles. The molecular weight excluding hydrogens is 404 g/mol. The molecule has 32 heavy (non-hydrogen) atoms. The first-order valence-corrected chi connectivity index (χ1v) is 10.7. The number of aromatic nitrogens is 1. The Balaban J connectivity index is 1.58. The third-order valence-electron chi connectivity index (χ3n) is 6.46. The van der Waals surface area contributed by atoms with Gasteiger partial charge in [0.05, 0.1) is 19.2 Å². The Bertz CT molecular complexity index is 1120. The summed E-state index contributed by atoms with van der Waals surface area (Å²) in [5.74, 6) is 0.910. The Labute approximate surface area is 187 Å². The van der Waals surface area contributed by atoms with E-state index in [1.165, 1.54) is 0 Å². The first-order valence-electron chi connectivity index (χ1n) is 10.7. The van der Waals surface area contributed by atoms with Gasteiger partial charge in [0.25, 0.3) is 0 Å². The summed E-state index contributed by atoms with van der Waals surface area (Å²) in [7, 11) is 1.64. The maximum Gasteiger partial charge on any atom is 0.242 e. The Morgan fingerprint density at radius 1 is 1.09 bits per heavy atom. The summed E-state index contributed by atoms with van der Waals surface area (Å²) in [4.78, 5) is 19.7. The number of fused-ring (bicyclic) bond motifs is 1. The second kappa shape index (κ2) is 8.26. The number of pyridine rings is 1. The van der Waals surface area contributed by atoms with Gasteiger partial charge in [-0.05, 0) is 42.3 Å². The van der Waals surface area contributed by atoms with Crippen LogP contribution in [0.4, 0.5) is 0 Å². The van der Waals surface area contributed by atoms with E-state index in [2.05, 4.69) is 15.8 Å². The lowest BCUT2D eigenvalue weighted by molar-refractivity contribution is -0.131. The van der Waals surface area contributed by atoms with E-state index in [0.29, 0.717) is 6.54 Å². The van der Waals surface area contributed by atoms with E-state index < -0.39 is 6.04 Å². The molecular formula is C25H26N4O3. The molecule has 2 fully saturated rings. The zero-order valence-electron chi connectivity index (χ0n) is 18.0. The molecule has 2 aliphatic heterocycles. The van der Waals surface area contributed by atoms with E-state index in [9.17, 15) is 9.90 Å². The molecule has 1 aromatic heterocycles. The lowest BCUT2D eigenvalue weighted by atomic mass is 9.82. The highest BCUT2D eigenvalue weighted by Gasteiger charge is 2.55. The van der Waals surface area contributed by atoms with Crippen LogP contribution in [0.3, 0.4) is 0 Å². The summed E-state index contributed by atoms with van der Waals surface area (Å²) >= 11 is 0. The van der Waals surface area contributed by atoms with Gasteiger partial charge >= 0.3 is 0 Å². The minimum Gasteiger partial charge on any atom is -0.508 e. The average molecular weight is 431 g/mol. The molecule has 7 nitrogen and oxygen atoms in total. The number of rotatable bonds is 5. The number of aromatic hydroxyl groups is 1. The molecule has 4 atom stereocenters. The van der Waals surface area contributed by atoms with Gasteiger partial charge in [0, 0.05) is 30.4 Å². The number of carbonyl (C=O) groups is 1. The maximum absolute atomic E-state index is 13.5. The Morgan fingerprint density at radius 3 is 2.59 bits per heavy atom. The fraction of sp³-hybridized carbons (Fsp3) is 0.280. The van der Waals surface area contributed by atoms with E-state index in [1.807, 2.05) is 60.4 Å². The molecule has 1 amide bonds. The van der Waals surface area contributed by atoms with Gasteiger partial charge in [-0.3, -0.25) is 9.78 Å². The van der Waals surface area contributed by atoms with E-state index in [-0.39, 0.29) is 29.7 Å². The number of amides is 1. The summed E-state index contributed by atoms with van der Waals surface area (Å²) in [5, 5.41) is 10.6. The van der Waals surface area contributed by atoms with Crippen LogP contribution in [-0.4, -0.2) is 34.0 Å². The number of hydrazine groups is 1. The molecule has 3 aromatic rings. The van der Waals surface area contributed by atoms with Crippen LogP contribution in [0.5, 0.6) is 11.5 Å². The number of benzene rings is 2. The number of hydrogen-bond acceptors (Lipinski definition) is 6. The molecule has 0 bridgehead atoms. The van der Waals surface area contributed by atoms with Crippen LogP contribution >= 0.6 is 0 Å². The Morgan fingerprint density at radius 2 is 1.88 bits per heavy atom. The molecule has 0 radical (unpaired) electrons. The number of carbonyl (C=O) groups excluding carboxylic acids is 1. The van der Waals surface area contributed by atoms with Crippen molar-refractivity contribution < 1.29 is 14.6 Å². The number of phenols is 1. The van der Waals surface area contributed by atoms with Gasteiger partial charge in [-0.15, -0.1) is 0 Å². The van der Waals surface area contributed by atoms with Crippen LogP contribution in [0.2, 0.25) is 0 Å². The molecule has 2 aliphatic rings. The molecule has 2 aromatic carbocycles. The predicted molar refractivity (Wildman–Crippen MR) is 120 cm³/mol. The number of nitrogens with zero attached hydrogens (tertiary/aromatic N) is 2. The molecule has 164 valence electrons. The lowest BCUT2D eigenvalue weighted by Crippen LogP contribution is -2.41. The number of likely N-dealkylation sites (tertiary alicyclic amines) is 1. The minimum atomic E-state index is -0.399. The van der Waals surface area contributed by atoms with Crippen molar-refractivity contribution in [2.75, 3.05) is 7.11 Å². The highest BCUT2D eigenvalue weighted by Crippen LogP contribution is 2.49. The summed E-state index contributed by atoms with van der Waals surface area (Å²) in [6.07, 6.45) is 3.52. The van der Waals surface area contributed by atoms with Crippen molar-refractivity contribution in [3.63, 3.8) is 0 Å². The van der Waals surface area contributed by atoms with Crippen molar-refractivity contribution in [2.45, 2.75) is 31.6 Å². The fourth-order valence-corrected chi connectivity index (χ4v) is 4.95.